The first-order valence-corrected chi connectivity index (χ1v) is 8.14. The van der Waals surface area contributed by atoms with E-state index in [0.29, 0.717) is 5.56 Å². The van der Waals surface area contributed by atoms with Crippen molar-refractivity contribution in [3.05, 3.63) is 64.2 Å². The van der Waals surface area contributed by atoms with E-state index in [1.54, 1.807) is 0 Å². The van der Waals surface area contributed by atoms with E-state index in [0.717, 1.165) is 27.2 Å². The van der Waals surface area contributed by atoms with Gasteiger partial charge in [0.15, 0.2) is 0 Å². The van der Waals surface area contributed by atoms with Gasteiger partial charge in [0, 0.05) is 17.4 Å². The molecule has 0 spiro atoms. The van der Waals surface area contributed by atoms with E-state index in [-0.39, 0.29) is 6.04 Å². The van der Waals surface area contributed by atoms with Gasteiger partial charge < -0.3 is 4.90 Å². The Morgan fingerprint density at radius 3 is 2.48 bits per heavy atom. The maximum Gasteiger partial charge on any atom is 0.101 e. The predicted molar refractivity (Wildman–Crippen MR) is 92.1 cm³/mol. The van der Waals surface area contributed by atoms with Crippen molar-refractivity contribution in [1.82, 2.24) is 0 Å². The minimum Gasteiger partial charge on any atom is -0.367 e. The Morgan fingerprint density at radius 2 is 1.90 bits per heavy atom. The van der Waals surface area contributed by atoms with Crippen molar-refractivity contribution in [1.29, 1.82) is 5.26 Å². The normalized spacial score (nSPS) is 11.8. The summed E-state index contributed by atoms with van der Waals surface area (Å²) in [6, 6.07) is 16.2. The predicted octanol–water partition coefficient (Wildman–Crippen LogP) is 5.30. The van der Waals surface area contributed by atoms with Crippen molar-refractivity contribution in [2.75, 3.05) is 11.9 Å². The molecule has 2 aromatic rings. The molecule has 4 heteroatoms. The number of hydrogen-bond acceptors (Lipinski definition) is 2. The van der Waals surface area contributed by atoms with Crippen LogP contribution < -0.4 is 4.90 Å². The number of benzene rings is 2. The molecule has 0 aliphatic carbocycles. The lowest BCUT2D eigenvalue weighted by Crippen LogP contribution is -2.22. The number of rotatable bonds is 4. The van der Waals surface area contributed by atoms with Gasteiger partial charge in [-0.3, -0.25) is 0 Å². The molecule has 0 bridgehead atoms. The molecule has 0 aliphatic heterocycles. The van der Waals surface area contributed by atoms with E-state index in [1.807, 2.05) is 49.5 Å². The van der Waals surface area contributed by atoms with Crippen LogP contribution in [0.1, 0.15) is 29.7 Å². The summed E-state index contributed by atoms with van der Waals surface area (Å²) < 4.78 is 0. The van der Waals surface area contributed by atoms with Crippen molar-refractivity contribution in [2.24, 2.45) is 0 Å². The van der Waals surface area contributed by atoms with Crippen molar-refractivity contribution >= 4 is 33.2 Å². The topological polar surface area (TPSA) is 27.0 Å². The fraction of sp³-hybridized carbons (Fsp3) is 0.235. The molecule has 1 atom stereocenters. The molecule has 2 rings (SSSR count). The SMILES string of the molecule is CC(c1ccc(Cl)cc1)N(C)c1ccc(CBr)cc1C#N. The molecule has 0 heterocycles. The lowest BCUT2D eigenvalue weighted by molar-refractivity contribution is 0.739. The minimum absolute atomic E-state index is 0.157. The van der Waals surface area contributed by atoms with Gasteiger partial charge in [-0.25, -0.2) is 0 Å². The van der Waals surface area contributed by atoms with Crippen LogP contribution in [0.15, 0.2) is 42.5 Å². The first-order chi connectivity index (χ1) is 10.1. The maximum absolute atomic E-state index is 9.37. The highest BCUT2D eigenvalue weighted by molar-refractivity contribution is 9.08. The van der Waals surface area contributed by atoms with Gasteiger partial charge in [0.05, 0.1) is 17.3 Å². The summed E-state index contributed by atoms with van der Waals surface area (Å²) in [6.07, 6.45) is 0. The molecule has 2 aromatic carbocycles. The van der Waals surface area contributed by atoms with Crippen LogP contribution in [0.4, 0.5) is 5.69 Å². The molecule has 0 N–H and O–H groups in total. The van der Waals surface area contributed by atoms with E-state index in [1.165, 1.54) is 0 Å². The van der Waals surface area contributed by atoms with Crippen molar-refractivity contribution < 1.29 is 0 Å². The third kappa shape index (κ3) is 3.58. The largest absolute Gasteiger partial charge is 0.367 e. The van der Waals surface area contributed by atoms with Crippen LogP contribution in [0.25, 0.3) is 0 Å². The first kappa shape index (κ1) is 15.9. The lowest BCUT2D eigenvalue weighted by Gasteiger charge is -2.28. The number of nitrogens with zero attached hydrogens (tertiary/aromatic N) is 2. The number of hydrogen-bond donors (Lipinski definition) is 0. The second-order valence-corrected chi connectivity index (χ2v) is 5.93. The monoisotopic (exact) mass is 362 g/mol. The van der Waals surface area contributed by atoms with Crippen LogP contribution in [-0.2, 0) is 5.33 Å². The summed E-state index contributed by atoms with van der Waals surface area (Å²) in [5.41, 5.74) is 3.89. The number of anilines is 1. The maximum atomic E-state index is 9.37. The molecule has 2 nitrogen and oxygen atoms in total. The Hall–Kier alpha value is -1.50. The standard InChI is InChI=1S/C17H16BrClN2/c1-12(14-4-6-16(19)7-5-14)21(2)17-8-3-13(10-18)9-15(17)11-20/h3-9,12H,10H2,1-2H3. The molecule has 0 aromatic heterocycles. The zero-order valence-corrected chi connectivity index (χ0v) is 14.3. The summed E-state index contributed by atoms with van der Waals surface area (Å²) in [5.74, 6) is 0. The summed E-state index contributed by atoms with van der Waals surface area (Å²) in [5, 5.41) is 10.8. The van der Waals surface area contributed by atoms with E-state index in [2.05, 4.69) is 33.8 Å². The Labute approximate surface area is 139 Å². The molecule has 0 saturated carbocycles. The smallest absolute Gasteiger partial charge is 0.101 e. The Bertz CT molecular complexity index is 661. The van der Waals surface area contributed by atoms with Crippen LogP contribution in [-0.4, -0.2) is 7.05 Å². The fourth-order valence-corrected chi connectivity index (χ4v) is 2.71. The molecule has 21 heavy (non-hydrogen) atoms. The summed E-state index contributed by atoms with van der Waals surface area (Å²) >= 11 is 9.35. The average Bonchev–Trinajstić information content (AvgIpc) is 2.53. The molecular weight excluding hydrogens is 348 g/mol. The lowest BCUT2D eigenvalue weighted by atomic mass is 10.0. The molecule has 108 valence electrons. The first-order valence-electron chi connectivity index (χ1n) is 6.64. The summed E-state index contributed by atoms with van der Waals surface area (Å²) in [7, 11) is 2.00. The molecule has 0 radical (unpaired) electrons. The van der Waals surface area contributed by atoms with E-state index >= 15 is 0 Å². The number of nitriles is 1. The minimum atomic E-state index is 0.157. The van der Waals surface area contributed by atoms with Gasteiger partial charge in [0.25, 0.3) is 0 Å². The highest BCUT2D eigenvalue weighted by Gasteiger charge is 2.15. The zero-order chi connectivity index (χ0) is 15.4. The molecule has 1 unspecified atom stereocenters. The highest BCUT2D eigenvalue weighted by Crippen LogP contribution is 2.29. The number of alkyl halides is 1. The number of halogens is 2. The third-order valence-corrected chi connectivity index (χ3v) is 4.55. The average molecular weight is 364 g/mol. The van der Waals surface area contributed by atoms with Crippen molar-refractivity contribution in [2.45, 2.75) is 18.3 Å². The second kappa shape index (κ2) is 6.98. The molecular formula is C17H16BrClN2. The van der Waals surface area contributed by atoms with Crippen LogP contribution in [0.3, 0.4) is 0 Å². The molecule has 0 fully saturated rings. The van der Waals surface area contributed by atoms with E-state index in [4.69, 9.17) is 11.6 Å². The zero-order valence-electron chi connectivity index (χ0n) is 12.0. The van der Waals surface area contributed by atoms with Gasteiger partial charge in [-0.2, -0.15) is 5.26 Å². The fourth-order valence-electron chi connectivity index (χ4n) is 2.24. The van der Waals surface area contributed by atoms with Gasteiger partial charge in [-0.1, -0.05) is 45.7 Å². The third-order valence-electron chi connectivity index (χ3n) is 3.65. The molecule has 0 amide bonds. The Balaban J connectivity index is 2.33. The quantitative estimate of drug-likeness (QED) is 0.689. The van der Waals surface area contributed by atoms with Gasteiger partial charge >= 0.3 is 0 Å². The van der Waals surface area contributed by atoms with E-state index in [9.17, 15) is 5.26 Å². The van der Waals surface area contributed by atoms with Crippen LogP contribution >= 0.6 is 27.5 Å². The highest BCUT2D eigenvalue weighted by atomic mass is 79.9. The van der Waals surface area contributed by atoms with Gasteiger partial charge in [-0.05, 0) is 42.3 Å². The van der Waals surface area contributed by atoms with Crippen molar-refractivity contribution in [3.8, 4) is 6.07 Å². The summed E-state index contributed by atoms with van der Waals surface area (Å²) in [4.78, 5) is 2.11. The van der Waals surface area contributed by atoms with E-state index < -0.39 is 0 Å². The van der Waals surface area contributed by atoms with Crippen LogP contribution in [0.5, 0.6) is 0 Å². The molecule has 0 aliphatic rings. The second-order valence-electron chi connectivity index (χ2n) is 4.94. The van der Waals surface area contributed by atoms with Crippen LogP contribution in [0, 0.1) is 11.3 Å². The van der Waals surface area contributed by atoms with Gasteiger partial charge in [-0.15, -0.1) is 0 Å². The Kier molecular flexibility index (Phi) is 5.27. The van der Waals surface area contributed by atoms with Crippen LogP contribution in [0.2, 0.25) is 5.02 Å². The van der Waals surface area contributed by atoms with Crippen molar-refractivity contribution in [3.63, 3.8) is 0 Å². The van der Waals surface area contributed by atoms with Gasteiger partial charge in [0.2, 0.25) is 0 Å². The summed E-state index contributed by atoms with van der Waals surface area (Å²) in [6.45, 7) is 2.11. The Morgan fingerprint density at radius 1 is 1.24 bits per heavy atom. The van der Waals surface area contributed by atoms with Gasteiger partial charge in [0.1, 0.15) is 6.07 Å². The molecule has 0 saturated heterocycles.